The predicted octanol–water partition coefficient (Wildman–Crippen LogP) is 5.42. The Morgan fingerprint density at radius 3 is 2.38 bits per heavy atom. The third-order valence-electron chi connectivity index (χ3n) is 6.20. The first-order valence-electron chi connectivity index (χ1n) is 12.3. The van der Waals surface area contributed by atoms with E-state index in [2.05, 4.69) is 0 Å². The summed E-state index contributed by atoms with van der Waals surface area (Å²) in [5.41, 5.74) is 2.84. The highest BCUT2D eigenvalue weighted by Gasteiger charge is 2.46. The van der Waals surface area contributed by atoms with Crippen molar-refractivity contribution in [2.75, 3.05) is 20.3 Å². The van der Waals surface area contributed by atoms with Crippen LogP contribution in [0.4, 0.5) is 0 Å². The zero-order valence-electron chi connectivity index (χ0n) is 21.5. The van der Waals surface area contributed by atoms with Crippen LogP contribution in [0, 0.1) is 6.92 Å². The molecule has 1 unspecified atom stereocenters. The topological polar surface area (TPSA) is 85.3 Å². The third kappa shape index (κ3) is 5.31. The molecule has 0 bridgehead atoms. The van der Waals surface area contributed by atoms with Crippen LogP contribution in [0.1, 0.15) is 42.1 Å². The Morgan fingerprint density at radius 2 is 1.68 bits per heavy atom. The van der Waals surface area contributed by atoms with Crippen LogP contribution in [0.5, 0.6) is 17.2 Å². The van der Waals surface area contributed by atoms with Gasteiger partial charge in [-0.1, -0.05) is 42.0 Å². The highest BCUT2D eigenvalue weighted by Crippen LogP contribution is 2.42. The van der Waals surface area contributed by atoms with Gasteiger partial charge in [0.15, 0.2) is 0 Å². The molecule has 192 valence electrons. The number of benzene rings is 3. The molecular weight excluding hydrogens is 470 g/mol. The van der Waals surface area contributed by atoms with E-state index in [1.54, 1.807) is 25.3 Å². The minimum atomic E-state index is -0.785. The van der Waals surface area contributed by atoms with Gasteiger partial charge in [0.05, 0.1) is 37.5 Å². The van der Waals surface area contributed by atoms with Gasteiger partial charge in [-0.25, -0.2) is 0 Å². The van der Waals surface area contributed by atoms with Gasteiger partial charge in [-0.2, -0.15) is 0 Å². The van der Waals surface area contributed by atoms with E-state index < -0.39 is 17.7 Å². The SMILES string of the molecule is CCOc1ccc(/C(O)=C2/C(=O)C(=O)N(Cc3cccc(OC)c3)C2c2cccc(C)c2)c(OCC)c1. The van der Waals surface area contributed by atoms with Crippen molar-refractivity contribution in [3.05, 3.63) is 94.6 Å². The zero-order valence-corrected chi connectivity index (χ0v) is 21.5. The molecule has 0 saturated carbocycles. The summed E-state index contributed by atoms with van der Waals surface area (Å²) in [7, 11) is 1.57. The van der Waals surface area contributed by atoms with Crippen LogP contribution in [0.25, 0.3) is 5.76 Å². The summed E-state index contributed by atoms with van der Waals surface area (Å²) in [5, 5.41) is 11.5. The quantitative estimate of drug-likeness (QED) is 0.239. The van der Waals surface area contributed by atoms with E-state index in [1.807, 2.05) is 69.3 Å². The maximum Gasteiger partial charge on any atom is 0.295 e. The van der Waals surface area contributed by atoms with Crippen LogP contribution in [0.15, 0.2) is 72.3 Å². The molecule has 1 N–H and O–H groups in total. The van der Waals surface area contributed by atoms with E-state index in [0.29, 0.717) is 36.0 Å². The highest BCUT2D eigenvalue weighted by atomic mass is 16.5. The van der Waals surface area contributed by atoms with E-state index in [0.717, 1.165) is 16.7 Å². The van der Waals surface area contributed by atoms with E-state index in [-0.39, 0.29) is 17.9 Å². The second-order valence-corrected chi connectivity index (χ2v) is 8.72. The van der Waals surface area contributed by atoms with Gasteiger partial charge in [0.1, 0.15) is 23.0 Å². The number of aliphatic hydroxyl groups excluding tert-OH is 1. The Morgan fingerprint density at radius 1 is 0.919 bits per heavy atom. The van der Waals surface area contributed by atoms with Gasteiger partial charge in [0, 0.05) is 12.6 Å². The van der Waals surface area contributed by atoms with E-state index >= 15 is 0 Å². The van der Waals surface area contributed by atoms with Crippen LogP contribution in [0.3, 0.4) is 0 Å². The summed E-state index contributed by atoms with van der Waals surface area (Å²) in [4.78, 5) is 28.3. The molecule has 0 spiro atoms. The van der Waals surface area contributed by atoms with E-state index in [9.17, 15) is 14.7 Å². The van der Waals surface area contributed by atoms with Crippen molar-refractivity contribution in [3.63, 3.8) is 0 Å². The number of ether oxygens (including phenoxy) is 3. The van der Waals surface area contributed by atoms with Gasteiger partial charge >= 0.3 is 0 Å². The van der Waals surface area contributed by atoms with Gasteiger partial charge in [0.2, 0.25) is 0 Å². The lowest BCUT2D eigenvalue weighted by molar-refractivity contribution is -0.140. The number of aryl methyl sites for hydroxylation is 1. The molecule has 3 aromatic rings. The van der Waals surface area contributed by atoms with Gasteiger partial charge in [-0.15, -0.1) is 0 Å². The number of likely N-dealkylation sites (tertiary alicyclic amines) is 1. The second kappa shape index (κ2) is 11.2. The molecule has 1 aliphatic rings. The molecule has 0 radical (unpaired) electrons. The fourth-order valence-corrected chi connectivity index (χ4v) is 4.57. The van der Waals surface area contributed by atoms with Crippen molar-refractivity contribution in [2.24, 2.45) is 0 Å². The lowest BCUT2D eigenvalue weighted by atomic mass is 9.94. The summed E-state index contributed by atoms with van der Waals surface area (Å²) in [6.45, 7) is 6.63. The normalized spacial score (nSPS) is 16.6. The minimum absolute atomic E-state index is 0.0172. The first-order chi connectivity index (χ1) is 17.9. The van der Waals surface area contributed by atoms with Crippen molar-refractivity contribution >= 4 is 17.4 Å². The number of aliphatic hydroxyl groups is 1. The Bertz CT molecular complexity index is 1350. The molecule has 0 aromatic heterocycles. The number of amides is 1. The second-order valence-electron chi connectivity index (χ2n) is 8.72. The van der Waals surface area contributed by atoms with Crippen molar-refractivity contribution in [3.8, 4) is 17.2 Å². The number of ketones is 1. The molecule has 7 nitrogen and oxygen atoms in total. The number of hydrogen-bond donors (Lipinski definition) is 1. The average molecular weight is 502 g/mol. The first kappa shape index (κ1) is 25.8. The van der Waals surface area contributed by atoms with E-state index in [4.69, 9.17) is 14.2 Å². The number of nitrogens with zero attached hydrogens (tertiary/aromatic N) is 1. The molecule has 7 heteroatoms. The summed E-state index contributed by atoms with van der Waals surface area (Å²) >= 11 is 0. The largest absolute Gasteiger partial charge is 0.507 e. The Hall–Kier alpha value is -4.26. The molecule has 1 fully saturated rings. The standard InChI is InChI=1S/C30H31NO6/c1-5-36-23-13-14-24(25(17-23)37-6-2)28(32)26-27(21-11-7-9-19(3)15-21)31(30(34)29(26)33)18-20-10-8-12-22(16-20)35-4/h7-17,27,32H,5-6,18H2,1-4H3/b28-26-. The number of hydrogen-bond acceptors (Lipinski definition) is 6. The maximum absolute atomic E-state index is 13.5. The fraction of sp³-hybridized carbons (Fsp3) is 0.267. The van der Waals surface area contributed by atoms with Crippen LogP contribution >= 0.6 is 0 Å². The molecule has 1 atom stereocenters. The molecule has 1 amide bonds. The molecule has 1 saturated heterocycles. The molecule has 3 aromatic carbocycles. The van der Waals surface area contributed by atoms with Gasteiger partial charge in [0.25, 0.3) is 11.7 Å². The molecule has 0 aliphatic carbocycles. The predicted molar refractivity (Wildman–Crippen MR) is 141 cm³/mol. The summed E-state index contributed by atoms with van der Waals surface area (Å²) in [6.07, 6.45) is 0. The molecule has 1 heterocycles. The van der Waals surface area contributed by atoms with Crippen molar-refractivity contribution in [1.82, 2.24) is 4.90 Å². The lowest BCUT2D eigenvalue weighted by Gasteiger charge is -2.26. The number of carbonyl (C=O) groups is 2. The van der Waals surface area contributed by atoms with E-state index in [1.165, 1.54) is 4.90 Å². The smallest absolute Gasteiger partial charge is 0.295 e. The number of carbonyl (C=O) groups excluding carboxylic acids is 2. The van der Waals surface area contributed by atoms with Crippen LogP contribution in [0.2, 0.25) is 0 Å². The summed E-state index contributed by atoms with van der Waals surface area (Å²) < 4.78 is 16.7. The average Bonchev–Trinajstić information content (AvgIpc) is 3.14. The van der Waals surface area contributed by atoms with Crippen molar-refractivity contribution in [2.45, 2.75) is 33.4 Å². The lowest BCUT2D eigenvalue weighted by Crippen LogP contribution is -2.29. The number of methoxy groups -OCH3 is 1. The van der Waals surface area contributed by atoms with Crippen molar-refractivity contribution in [1.29, 1.82) is 0 Å². The van der Waals surface area contributed by atoms with Crippen LogP contribution in [-0.2, 0) is 16.1 Å². The molecular formula is C30H31NO6. The maximum atomic E-state index is 13.5. The van der Waals surface area contributed by atoms with Crippen LogP contribution in [-0.4, -0.2) is 42.0 Å². The molecule has 4 rings (SSSR count). The Kier molecular flexibility index (Phi) is 7.82. The molecule has 1 aliphatic heterocycles. The van der Waals surface area contributed by atoms with Gasteiger partial charge < -0.3 is 24.2 Å². The third-order valence-corrected chi connectivity index (χ3v) is 6.20. The Balaban J connectivity index is 1.87. The highest BCUT2D eigenvalue weighted by molar-refractivity contribution is 6.46. The fourth-order valence-electron chi connectivity index (χ4n) is 4.57. The van der Waals surface area contributed by atoms with Gasteiger partial charge in [-0.3, -0.25) is 9.59 Å². The monoisotopic (exact) mass is 501 g/mol. The van der Waals surface area contributed by atoms with Gasteiger partial charge in [-0.05, 0) is 56.2 Å². The number of rotatable bonds is 9. The minimum Gasteiger partial charge on any atom is -0.507 e. The van der Waals surface area contributed by atoms with Crippen LogP contribution < -0.4 is 14.2 Å². The number of Topliss-reactive ketones (excluding diaryl/α,β-unsaturated/α-hetero) is 1. The first-order valence-corrected chi connectivity index (χ1v) is 12.3. The summed E-state index contributed by atoms with van der Waals surface area (Å²) in [5.74, 6) is -0.117. The molecule has 37 heavy (non-hydrogen) atoms. The summed E-state index contributed by atoms with van der Waals surface area (Å²) in [6, 6.07) is 19.2. The Labute approximate surface area is 216 Å². The zero-order chi connectivity index (χ0) is 26.5. The van der Waals surface area contributed by atoms with Crippen molar-refractivity contribution < 1.29 is 28.9 Å².